The first-order valence-electron chi connectivity index (χ1n) is 6.79. The molecule has 0 unspecified atom stereocenters. The number of aromatic nitrogens is 3. The summed E-state index contributed by atoms with van der Waals surface area (Å²) in [6.07, 6.45) is 4.27. The summed E-state index contributed by atoms with van der Waals surface area (Å²) in [5.41, 5.74) is 7.70. The van der Waals surface area contributed by atoms with Gasteiger partial charge in [0.05, 0.1) is 4.99 Å². The average Bonchev–Trinajstić information content (AvgIpc) is 2.43. The van der Waals surface area contributed by atoms with Crippen molar-refractivity contribution in [3.8, 4) is 0 Å². The molecule has 0 radical (unpaired) electrons. The van der Waals surface area contributed by atoms with Crippen molar-refractivity contribution >= 4 is 23.0 Å². The van der Waals surface area contributed by atoms with Crippen molar-refractivity contribution in [3.63, 3.8) is 0 Å². The van der Waals surface area contributed by atoms with Crippen LogP contribution in [0.2, 0.25) is 0 Å². The summed E-state index contributed by atoms with van der Waals surface area (Å²) in [5.74, 6) is 1.65. The Morgan fingerprint density at radius 1 is 1.33 bits per heavy atom. The van der Waals surface area contributed by atoms with Crippen LogP contribution in [0.3, 0.4) is 0 Å². The number of nitrogens with two attached hydrogens (primary N) is 1. The third-order valence-electron chi connectivity index (χ3n) is 3.00. The highest BCUT2D eigenvalue weighted by molar-refractivity contribution is 7.80. The van der Waals surface area contributed by atoms with Crippen LogP contribution in [0.4, 0.5) is 5.82 Å². The van der Waals surface area contributed by atoms with E-state index in [1.807, 2.05) is 38.2 Å². The Morgan fingerprint density at radius 2 is 2.14 bits per heavy atom. The van der Waals surface area contributed by atoms with E-state index in [-0.39, 0.29) is 0 Å². The molecule has 0 saturated carbocycles. The van der Waals surface area contributed by atoms with Crippen LogP contribution in [-0.2, 0) is 6.54 Å². The number of pyridine rings is 1. The van der Waals surface area contributed by atoms with E-state index in [1.165, 1.54) is 0 Å². The van der Waals surface area contributed by atoms with Crippen molar-refractivity contribution in [1.82, 2.24) is 15.0 Å². The third kappa shape index (κ3) is 4.75. The first-order valence-corrected chi connectivity index (χ1v) is 7.20. The summed E-state index contributed by atoms with van der Waals surface area (Å²) >= 11 is 4.99. The van der Waals surface area contributed by atoms with Gasteiger partial charge in [-0.25, -0.2) is 9.97 Å². The minimum atomic E-state index is 0.508. The van der Waals surface area contributed by atoms with Gasteiger partial charge in [0.2, 0.25) is 0 Å². The maximum Gasteiger partial charge on any atom is 0.132 e. The van der Waals surface area contributed by atoms with Gasteiger partial charge in [-0.05, 0) is 25.5 Å². The minimum Gasteiger partial charge on any atom is -0.393 e. The van der Waals surface area contributed by atoms with E-state index in [1.54, 1.807) is 6.20 Å². The molecular weight excluding hydrogens is 282 g/mol. The van der Waals surface area contributed by atoms with Gasteiger partial charge < -0.3 is 10.6 Å². The molecule has 6 heteroatoms. The van der Waals surface area contributed by atoms with E-state index in [4.69, 9.17) is 18.0 Å². The molecule has 0 fully saturated rings. The molecule has 2 rings (SSSR count). The summed E-state index contributed by atoms with van der Waals surface area (Å²) in [4.78, 5) is 15.6. The van der Waals surface area contributed by atoms with Crippen molar-refractivity contribution < 1.29 is 0 Å². The summed E-state index contributed by atoms with van der Waals surface area (Å²) < 4.78 is 0. The number of anilines is 1. The minimum absolute atomic E-state index is 0.508. The fourth-order valence-corrected chi connectivity index (χ4v) is 2.18. The smallest absolute Gasteiger partial charge is 0.132 e. The van der Waals surface area contributed by atoms with Crippen LogP contribution in [-0.4, -0.2) is 26.5 Å². The summed E-state index contributed by atoms with van der Waals surface area (Å²) in [6, 6.07) is 5.95. The standard InChI is InChI=1S/C15H19N5S/c1-11-8-15(19-12(2)18-11)20(7-5-14(16)21)10-13-4-3-6-17-9-13/h3-4,6,8-9H,5,7,10H2,1-2H3,(H2,16,21). The van der Waals surface area contributed by atoms with E-state index in [9.17, 15) is 0 Å². The topological polar surface area (TPSA) is 67.9 Å². The summed E-state index contributed by atoms with van der Waals surface area (Å²) in [5, 5.41) is 0. The Labute approximate surface area is 130 Å². The second-order valence-corrected chi connectivity index (χ2v) is 5.44. The van der Waals surface area contributed by atoms with Gasteiger partial charge in [0.1, 0.15) is 11.6 Å². The van der Waals surface area contributed by atoms with Crippen LogP contribution in [0.25, 0.3) is 0 Å². The van der Waals surface area contributed by atoms with Gasteiger partial charge in [0.25, 0.3) is 0 Å². The van der Waals surface area contributed by atoms with Crippen molar-refractivity contribution in [2.75, 3.05) is 11.4 Å². The third-order valence-corrected chi connectivity index (χ3v) is 3.20. The van der Waals surface area contributed by atoms with Crippen molar-refractivity contribution in [1.29, 1.82) is 0 Å². The first kappa shape index (κ1) is 15.3. The van der Waals surface area contributed by atoms with E-state index in [2.05, 4.69) is 19.9 Å². The predicted octanol–water partition coefficient (Wildman–Crippen LogP) is 2.17. The Balaban J connectivity index is 2.24. The molecule has 21 heavy (non-hydrogen) atoms. The number of aryl methyl sites for hydroxylation is 2. The molecule has 0 atom stereocenters. The van der Waals surface area contributed by atoms with E-state index < -0.39 is 0 Å². The highest BCUT2D eigenvalue weighted by Crippen LogP contribution is 2.16. The number of thiocarbonyl (C=S) groups is 1. The second kappa shape index (κ2) is 7.08. The van der Waals surface area contributed by atoms with Gasteiger partial charge in [-0.15, -0.1) is 0 Å². The molecule has 110 valence electrons. The second-order valence-electron chi connectivity index (χ2n) is 4.91. The lowest BCUT2D eigenvalue weighted by molar-refractivity contribution is 0.778. The van der Waals surface area contributed by atoms with E-state index in [0.29, 0.717) is 18.0 Å². The molecule has 0 aliphatic heterocycles. The normalized spacial score (nSPS) is 10.4. The zero-order valence-corrected chi connectivity index (χ0v) is 13.1. The van der Waals surface area contributed by atoms with Gasteiger partial charge >= 0.3 is 0 Å². The van der Waals surface area contributed by atoms with Crippen LogP contribution in [0, 0.1) is 13.8 Å². The zero-order valence-electron chi connectivity index (χ0n) is 12.3. The van der Waals surface area contributed by atoms with Crippen LogP contribution < -0.4 is 10.6 Å². The quantitative estimate of drug-likeness (QED) is 0.825. The Kier molecular flexibility index (Phi) is 5.16. The van der Waals surface area contributed by atoms with Gasteiger partial charge in [-0.3, -0.25) is 4.98 Å². The molecule has 2 heterocycles. The Bertz CT molecular complexity index is 594. The number of rotatable bonds is 6. The fourth-order valence-electron chi connectivity index (χ4n) is 2.09. The van der Waals surface area contributed by atoms with Gasteiger partial charge in [0, 0.05) is 43.7 Å². The van der Waals surface area contributed by atoms with Crippen molar-refractivity contribution in [2.24, 2.45) is 5.73 Å². The van der Waals surface area contributed by atoms with Crippen molar-refractivity contribution in [3.05, 3.63) is 47.7 Å². The van der Waals surface area contributed by atoms with Crippen LogP contribution in [0.1, 0.15) is 23.5 Å². The SMILES string of the molecule is Cc1cc(N(CCC(N)=S)Cc2cccnc2)nc(C)n1. The van der Waals surface area contributed by atoms with Crippen LogP contribution >= 0.6 is 12.2 Å². The summed E-state index contributed by atoms with van der Waals surface area (Å²) in [7, 11) is 0. The molecule has 0 saturated heterocycles. The molecule has 2 aromatic rings. The van der Waals surface area contributed by atoms with Gasteiger partial charge in [-0.2, -0.15) is 0 Å². The van der Waals surface area contributed by atoms with Crippen LogP contribution in [0.5, 0.6) is 0 Å². The molecule has 0 aliphatic rings. The molecule has 5 nitrogen and oxygen atoms in total. The molecule has 0 amide bonds. The first-order chi connectivity index (χ1) is 10.0. The largest absolute Gasteiger partial charge is 0.393 e. The monoisotopic (exact) mass is 301 g/mol. The molecule has 0 aliphatic carbocycles. The maximum atomic E-state index is 5.63. The lowest BCUT2D eigenvalue weighted by atomic mass is 10.2. The maximum absolute atomic E-state index is 5.63. The summed E-state index contributed by atoms with van der Waals surface area (Å²) in [6.45, 7) is 5.30. The van der Waals surface area contributed by atoms with Gasteiger partial charge in [0.15, 0.2) is 0 Å². The Morgan fingerprint density at radius 3 is 2.76 bits per heavy atom. The van der Waals surface area contributed by atoms with E-state index >= 15 is 0 Å². The molecule has 2 aromatic heterocycles. The molecule has 2 N–H and O–H groups in total. The Hall–Kier alpha value is -2.08. The highest BCUT2D eigenvalue weighted by atomic mass is 32.1. The molecule has 0 aromatic carbocycles. The fraction of sp³-hybridized carbons (Fsp3) is 0.333. The van der Waals surface area contributed by atoms with Gasteiger partial charge in [-0.1, -0.05) is 18.3 Å². The predicted molar refractivity (Wildman–Crippen MR) is 88.2 cm³/mol. The molecule has 0 spiro atoms. The average molecular weight is 301 g/mol. The van der Waals surface area contributed by atoms with Crippen molar-refractivity contribution in [2.45, 2.75) is 26.8 Å². The molecular formula is C15H19N5S. The highest BCUT2D eigenvalue weighted by Gasteiger charge is 2.11. The van der Waals surface area contributed by atoms with E-state index in [0.717, 1.165) is 29.4 Å². The number of nitrogens with zero attached hydrogens (tertiary/aromatic N) is 4. The zero-order chi connectivity index (χ0) is 15.2. The molecule has 0 bridgehead atoms. The van der Waals surface area contributed by atoms with Crippen LogP contribution in [0.15, 0.2) is 30.6 Å². The number of hydrogen-bond acceptors (Lipinski definition) is 5. The lowest BCUT2D eigenvalue weighted by Crippen LogP contribution is -2.28. The lowest BCUT2D eigenvalue weighted by Gasteiger charge is -2.24. The number of hydrogen-bond donors (Lipinski definition) is 1.